The van der Waals surface area contributed by atoms with Gasteiger partial charge >= 0.3 is 0 Å². The molecule has 2 rings (SSSR count). The summed E-state index contributed by atoms with van der Waals surface area (Å²) in [6, 6.07) is 0. The number of rotatable bonds is 33. The third-order valence-corrected chi connectivity index (χ3v) is 10.5. The van der Waals surface area contributed by atoms with Gasteiger partial charge in [-0.1, -0.05) is 139 Å². The minimum atomic E-state index is -0.394. The van der Waals surface area contributed by atoms with Crippen LogP contribution in [0.15, 0.2) is 60.8 Å². The second kappa shape index (κ2) is 30.7. The number of ether oxygens (including phenoxy) is 2. The zero-order valence-electron chi connectivity index (χ0n) is 34.0. The maximum atomic E-state index is 12.5. The number of Topliss-reactive ketones (excluding diaryl/α,β-unsaturated/α-hetero) is 1. The molecule has 1 aliphatic heterocycles. The van der Waals surface area contributed by atoms with Crippen LogP contribution >= 0.6 is 0 Å². The van der Waals surface area contributed by atoms with Crippen LogP contribution in [-0.4, -0.2) is 49.3 Å². The summed E-state index contributed by atoms with van der Waals surface area (Å²) in [4.78, 5) is 14.5. The van der Waals surface area contributed by atoms with Crippen LogP contribution in [0, 0.1) is 5.92 Å². The Morgan fingerprint density at radius 2 is 0.980 bits per heavy atom. The lowest BCUT2D eigenvalue weighted by molar-refractivity contribution is -0.193. The van der Waals surface area contributed by atoms with Gasteiger partial charge in [0.15, 0.2) is 5.79 Å². The summed E-state index contributed by atoms with van der Waals surface area (Å²) in [5.41, 5.74) is 0. The fraction of sp³-hybridized carbons (Fsp3) is 0.766. The Morgan fingerprint density at radius 1 is 0.569 bits per heavy atom. The van der Waals surface area contributed by atoms with Crippen molar-refractivity contribution in [2.24, 2.45) is 5.92 Å². The van der Waals surface area contributed by atoms with Gasteiger partial charge in [0.1, 0.15) is 5.78 Å². The first-order chi connectivity index (χ1) is 25.0. The van der Waals surface area contributed by atoms with Crippen molar-refractivity contribution in [2.45, 2.75) is 205 Å². The van der Waals surface area contributed by atoms with Crippen molar-refractivity contribution in [3.8, 4) is 0 Å². The topological polar surface area (TPSA) is 38.8 Å². The zero-order chi connectivity index (χ0) is 36.7. The van der Waals surface area contributed by atoms with Crippen molar-refractivity contribution < 1.29 is 14.3 Å². The largest absolute Gasteiger partial charge is 0.344 e. The van der Waals surface area contributed by atoms with E-state index in [0.717, 1.165) is 51.4 Å². The Labute approximate surface area is 316 Å². The molecule has 0 N–H and O–H groups in total. The van der Waals surface area contributed by atoms with Crippen molar-refractivity contribution in [2.75, 3.05) is 20.6 Å². The molecule has 0 radical (unpaired) electrons. The third kappa shape index (κ3) is 23.5. The Balaban J connectivity index is 1.63. The first kappa shape index (κ1) is 45.4. The maximum absolute atomic E-state index is 12.5. The number of ketones is 1. The molecule has 1 heterocycles. The molecule has 0 amide bonds. The SMILES string of the molecule is CC/C=C\C/C=C\C/C=C\CCCCCCCCC1(CCCCCCCC/C=C\C/C=C\CCCCC)O[C@H]2CC(CC(=O)CN(C)C)C[C@H]2O1. The monoisotopic (exact) mass is 708 g/mol. The van der Waals surface area contributed by atoms with E-state index in [4.69, 9.17) is 9.47 Å². The highest BCUT2D eigenvalue weighted by molar-refractivity contribution is 5.80. The molecule has 4 heteroatoms. The molecule has 292 valence electrons. The van der Waals surface area contributed by atoms with Gasteiger partial charge < -0.3 is 14.4 Å². The summed E-state index contributed by atoms with van der Waals surface area (Å²) in [5.74, 6) is 0.359. The average molecular weight is 708 g/mol. The van der Waals surface area contributed by atoms with Gasteiger partial charge in [-0.2, -0.15) is 0 Å². The van der Waals surface area contributed by atoms with Crippen LogP contribution < -0.4 is 0 Å². The van der Waals surface area contributed by atoms with Crippen LogP contribution in [-0.2, 0) is 14.3 Å². The molecule has 2 unspecified atom stereocenters. The lowest BCUT2D eigenvalue weighted by atomic mass is 9.97. The van der Waals surface area contributed by atoms with Gasteiger partial charge in [0, 0.05) is 19.3 Å². The van der Waals surface area contributed by atoms with Crippen molar-refractivity contribution in [3.63, 3.8) is 0 Å². The van der Waals surface area contributed by atoms with Crippen LogP contribution in [0.5, 0.6) is 0 Å². The number of hydrogen-bond donors (Lipinski definition) is 0. The molecule has 1 saturated carbocycles. The van der Waals surface area contributed by atoms with Crippen molar-refractivity contribution in [1.82, 2.24) is 4.90 Å². The van der Waals surface area contributed by atoms with Gasteiger partial charge in [0.25, 0.3) is 0 Å². The van der Waals surface area contributed by atoms with Gasteiger partial charge in [0.2, 0.25) is 0 Å². The summed E-state index contributed by atoms with van der Waals surface area (Å²) in [7, 11) is 3.95. The first-order valence-electron chi connectivity index (χ1n) is 21.7. The van der Waals surface area contributed by atoms with E-state index in [1.54, 1.807) is 0 Å². The van der Waals surface area contributed by atoms with E-state index in [1.165, 1.54) is 116 Å². The lowest BCUT2D eigenvalue weighted by Crippen LogP contribution is -2.32. The molecule has 4 atom stereocenters. The summed E-state index contributed by atoms with van der Waals surface area (Å²) >= 11 is 0. The molecular formula is C47H81NO3. The standard InChI is InChI=1S/C47H81NO3/c1-5-7-9-11-13-15-17-19-21-23-25-27-29-31-33-35-37-47(50-45-40-43(41-46(45)51-47)39-44(49)42-48(3)4)38-36-34-32-30-28-26-24-22-20-18-16-14-12-10-8-6-2/h7,9,13-16,19-22,43,45-46H,5-6,8,10-12,17-18,23-42H2,1-4H3/b9-7-,15-13-,16-14-,21-19-,22-20-/t43?,45-,46+,47?. The van der Waals surface area contributed by atoms with E-state index in [0.29, 0.717) is 24.7 Å². The Morgan fingerprint density at radius 3 is 1.43 bits per heavy atom. The minimum absolute atomic E-state index is 0.174. The molecule has 0 aromatic carbocycles. The van der Waals surface area contributed by atoms with Crippen molar-refractivity contribution >= 4 is 5.78 Å². The Bertz CT molecular complexity index is 977. The quantitative estimate of drug-likeness (QED) is 0.0503. The minimum Gasteiger partial charge on any atom is -0.344 e. The number of nitrogens with zero attached hydrogens (tertiary/aromatic N) is 1. The number of allylic oxidation sites excluding steroid dienone is 10. The van der Waals surface area contributed by atoms with E-state index < -0.39 is 5.79 Å². The molecule has 2 aliphatic rings. The number of fused-ring (bicyclic) bond motifs is 1. The summed E-state index contributed by atoms with van der Waals surface area (Å²) in [6.07, 6.45) is 55.5. The molecule has 1 saturated heterocycles. The molecule has 4 nitrogen and oxygen atoms in total. The molecule has 0 spiro atoms. The fourth-order valence-electron chi connectivity index (χ4n) is 7.72. The van der Waals surface area contributed by atoms with E-state index in [9.17, 15) is 4.79 Å². The van der Waals surface area contributed by atoms with E-state index in [1.807, 2.05) is 19.0 Å². The molecule has 51 heavy (non-hydrogen) atoms. The Hall–Kier alpha value is -1.75. The van der Waals surface area contributed by atoms with Gasteiger partial charge in [-0.3, -0.25) is 4.79 Å². The summed E-state index contributed by atoms with van der Waals surface area (Å²) in [5, 5.41) is 0. The van der Waals surface area contributed by atoms with Crippen LogP contribution in [0.3, 0.4) is 0 Å². The van der Waals surface area contributed by atoms with E-state index in [2.05, 4.69) is 74.6 Å². The summed E-state index contributed by atoms with van der Waals surface area (Å²) in [6.45, 7) is 4.98. The fourth-order valence-corrected chi connectivity index (χ4v) is 7.72. The van der Waals surface area contributed by atoms with Crippen LogP contribution in [0.2, 0.25) is 0 Å². The number of likely N-dealkylation sites (N-methyl/N-ethyl adjacent to an activating group) is 1. The smallest absolute Gasteiger partial charge is 0.169 e. The average Bonchev–Trinajstić information content (AvgIpc) is 3.62. The molecule has 0 bridgehead atoms. The first-order valence-corrected chi connectivity index (χ1v) is 21.7. The van der Waals surface area contributed by atoms with Gasteiger partial charge in [-0.25, -0.2) is 0 Å². The molecule has 0 aromatic rings. The highest BCUT2D eigenvalue weighted by atomic mass is 16.8. The predicted molar refractivity (Wildman–Crippen MR) is 221 cm³/mol. The summed E-state index contributed by atoms with van der Waals surface area (Å²) < 4.78 is 13.7. The number of carbonyl (C=O) groups is 1. The second-order valence-electron chi connectivity index (χ2n) is 15.8. The molecular weight excluding hydrogens is 627 g/mol. The Kier molecular flexibility index (Phi) is 27.3. The number of unbranched alkanes of at least 4 members (excludes halogenated alkanes) is 15. The highest BCUT2D eigenvalue weighted by Gasteiger charge is 2.51. The van der Waals surface area contributed by atoms with Crippen LogP contribution in [0.4, 0.5) is 0 Å². The molecule has 2 fully saturated rings. The van der Waals surface area contributed by atoms with E-state index in [-0.39, 0.29) is 12.2 Å². The number of hydrogen-bond acceptors (Lipinski definition) is 4. The normalized spacial score (nSPS) is 22.4. The van der Waals surface area contributed by atoms with Crippen LogP contribution in [0.1, 0.15) is 187 Å². The van der Waals surface area contributed by atoms with Gasteiger partial charge in [-0.15, -0.1) is 0 Å². The highest BCUT2D eigenvalue weighted by Crippen LogP contribution is 2.46. The lowest BCUT2D eigenvalue weighted by Gasteiger charge is -2.30. The predicted octanol–water partition coefficient (Wildman–Crippen LogP) is 13.6. The maximum Gasteiger partial charge on any atom is 0.169 e. The third-order valence-electron chi connectivity index (χ3n) is 10.5. The van der Waals surface area contributed by atoms with Crippen LogP contribution in [0.25, 0.3) is 0 Å². The molecule has 1 aliphatic carbocycles. The second-order valence-corrected chi connectivity index (χ2v) is 15.8. The van der Waals surface area contributed by atoms with E-state index >= 15 is 0 Å². The van der Waals surface area contributed by atoms with Crippen molar-refractivity contribution in [3.05, 3.63) is 60.8 Å². The number of carbonyl (C=O) groups excluding carboxylic acids is 1. The zero-order valence-corrected chi connectivity index (χ0v) is 34.0. The van der Waals surface area contributed by atoms with Gasteiger partial charge in [-0.05, 0) is 110 Å². The van der Waals surface area contributed by atoms with Crippen molar-refractivity contribution in [1.29, 1.82) is 0 Å². The van der Waals surface area contributed by atoms with Gasteiger partial charge in [0.05, 0.1) is 18.8 Å². The molecule has 0 aromatic heterocycles.